The van der Waals surface area contributed by atoms with Crippen LogP contribution in [0.15, 0.2) is 21.9 Å². The molecule has 27 heavy (non-hydrogen) atoms. The molecule has 1 fully saturated rings. The van der Waals surface area contributed by atoms with E-state index < -0.39 is 55.3 Å². The second kappa shape index (κ2) is 8.32. The minimum absolute atomic E-state index is 0.0794. The van der Waals surface area contributed by atoms with Crippen molar-refractivity contribution in [2.75, 3.05) is 13.2 Å². The lowest BCUT2D eigenvalue weighted by molar-refractivity contribution is -0.0560. The number of aromatic amines is 1. The van der Waals surface area contributed by atoms with Gasteiger partial charge in [-0.1, -0.05) is 0 Å². The van der Waals surface area contributed by atoms with Crippen molar-refractivity contribution in [2.45, 2.75) is 57.2 Å². The van der Waals surface area contributed by atoms with Crippen LogP contribution in [0.5, 0.6) is 0 Å². The summed E-state index contributed by atoms with van der Waals surface area (Å²) in [6.07, 6.45) is -4.80. The topological polar surface area (TPSA) is 120 Å². The quantitative estimate of drug-likeness (QED) is 0.621. The van der Waals surface area contributed by atoms with E-state index in [1.54, 1.807) is 0 Å². The molecule has 1 saturated heterocycles. The number of nitrogens with one attached hydrogen (secondary N) is 1. The van der Waals surface area contributed by atoms with E-state index in [-0.39, 0.29) is 13.2 Å². The third-order valence-corrected chi connectivity index (χ3v) is 6.36. The number of hydrogen-bond acceptors (Lipinski definition) is 7. The summed E-state index contributed by atoms with van der Waals surface area (Å²) in [4.78, 5) is 26.0. The average molecular weight is 412 g/mol. The van der Waals surface area contributed by atoms with Crippen LogP contribution in [-0.4, -0.2) is 51.7 Å². The summed E-state index contributed by atoms with van der Waals surface area (Å²) < 4.78 is 57.7. The lowest BCUT2D eigenvalue weighted by atomic mass is 9.97. The van der Waals surface area contributed by atoms with Crippen LogP contribution in [0.25, 0.3) is 0 Å². The Bertz CT molecular complexity index is 774. The number of halogens is 2. The van der Waals surface area contributed by atoms with E-state index in [2.05, 4.69) is 4.98 Å². The summed E-state index contributed by atoms with van der Waals surface area (Å²) in [5, 5.41) is 10.2. The van der Waals surface area contributed by atoms with Crippen molar-refractivity contribution < 1.29 is 32.2 Å². The SMILES string of the molecule is CCOP(=O)(OCC)C(F)C[C@H]1O[C@@H](n2c(=O)cc[nH]c2=O)[C@](C)(F)[C@@H]1O. The molecular weight excluding hydrogens is 389 g/mol. The summed E-state index contributed by atoms with van der Waals surface area (Å²) >= 11 is 0. The molecule has 2 heterocycles. The smallest absolute Gasteiger partial charge is 0.364 e. The number of nitrogens with zero attached hydrogens (tertiary/aromatic N) is 1. The lowest BCUT2D eigenvalue weighted by Crippen LogP contribution is -2.46. The van der Waals surface area contributed by atoms with Crippen LogP contribution in [0.3, 0.4) is 0 Å². The van der Waals surface area contributed by atoms with E-state index in [4.69, 9.17) is 13.8 Å². The normalized spacial score (nSPS) is 29.8. The van der Waals surface area contributed by atoms with E-state index in [0.717, 1.165) is 19.2 Å². The first kappa shape index (κ1) is 21.9. The highest BCUT2D eigenvalue weighted by Crippen LogP contribution is 2.56. The molecule has 1 aromatic heterocycles. The molecule has 1 aliphatic rings. The Morgan fingerprint density at radius 1 is 1.41 bits per heavy atom. The van der Waals surface area contributed by atoms with Gasteiger partial charge in [0, 0.05) is 18.7 Å². The summed E-state index contributed by atoms with van der Waals surface area (Å²) in [5.74, 6) is -2.20. The van der Waals surface area contributed by atoms with Crippen molar-refractivity contribution in [3.63, 3.8) is 0 Å². The third kappa shape index (κ3) is 4.22. The monoisotopic (exact) mass is 412 g/mol. The van der Waals surface area contributed by atoms with Gasteiger partial charge in [-0.3, -0.25) is 9.36 Å². The molecule has 0 spiro atoms. The van der Waals surface area contributed by atoms with Crippen molar-refractivity contribution in [1.29, 1.82) is 0 Å². The summed E-state index contributed by atoms with van der Waals surface area (Å²) in [5.41, 5.74) is -4.38. The second-order valence-electron chi connectivity index (χ2n) is 6.16. The van der Waals surface area contributed by atoms with Crippen LogP contribution in [0, 0.1) is 0 Å². The maximum Gasteiger partial charge on any atom is 0.364 e. The molecule has 0 radical (unpaired) electrons. The Morgan fingerprint density at radius 2 is 2.00 bits per heavy atom. The first-order valence-electron chi connectivity index (χ1n) is 8.44. The minimum Gasteiger partial charge on any atom is -0.387 e. The molecule has 1 unspecified atom stereocenters. The summed E-state index contributed by atoms with van der Waals surface area (Å²) in [7, 11) is -4.16. The maximum atomic E-state index is 15.1. The van der Waals surface area contributed by atoms with Crippen molar-refractivity contribution in [3.8, 4) is 0 Å². The number of ether oxygens (including phenoxy) is 1. The highest BCUT2D eigenvalue weighted by molar-refractivity contribution is 7.54. The van der Waals surface area contributed by atoms with Gasteiger partial charge < -0.3 is 23.9 Å². The average Bonchev–Trinajstić information content (AvgIpc) is 2.79. The predicted molar refractivity (Wildman–Crippen MR) is 91.1 cm³/mol. The van der Waals surface area contributed by atoms with Gasteiger partial charge in [-0.15, -0.1) is 0 Å². The van der Waals surface area contributed by atoms with Gasteiger partial charge >= 0.3 is 13.3 Å². The number of aromatic nitrogens is 2. The zero-order chi connectivity index (χ0) is 20.4. The molecule has 2 N–H and O–H groups in total. The fourth-order valence-corrected chi connectivity index (χ4v) is 4.50. The van der Waals surface area contributed by atoms with Gasteiger partial charge in [0.05, 0.1) is 19.3 Å². The molecule has 0 bridgehead atoms. The molecule has 0 saturated carbocycles. The molecular formula is C15H23F2N2O7P. The molecule has 0 amide bonds. The molecule has 0 aromatic carbocycles. The van der Waals surface area contributed by atoms with Crippen LogP contribution in [0.1, 0.15) is 33.4 Å². The van der Waals surface area contributed by atoms with Crippen LogP contribution in [0.2, 0.25) is 0 Å². The van der Waals surface area contributed by atoms with Crippen molar-refractivity contribution in [1.82, 2.24) is 9.55 Å². The van der Waals surface area contributed by atoms with Crippen molar-refractivity contribution in [3.05, 3.63) is 33.1 Å². The fourth-order valence-electron chi connectivity index (χ4n) is 2.92. The molecule has 5 atom stereocenters. The Labute approximate surface area is 153 Å². The molecule has 9 nitrogen and oxygen atoms in total. The van der Waals surface area contributed by atoms with E-state index in [1.807, 2.05) is 0 Å². The molecule has 12 heteroatoms. The second-order valence-corrected chi connectivity index (χ2v) is 8.32. The van der Waals surface area contributed by atoms with Gasteiger partial charge in [0.25, 0.3) is 5.56 Å². The Hall–Kier alpha value is -1.39. The van der Waals surface area contributed by atoms with Crippen LogP contribution >= 0.6 is 7.60 Å². The van der Waals surface area contributed by atoms with Gasteiger partial charge in [0.15, 0.2) is 11.9 Å². The largest absolute Gasteiger partial charge is 0.387 e. The Kier molecular flexibility index (Phi) is 6.75. The summed E-state index contributed by atoms with van der Waals surface area (Å²) in [6.45, 7) is 3.78. The highest BCUT2D eigenvalue weighted by Gasteiger charge is 2.57. The number of aliphatic hydroxyl groups is 1. The van der Waals surface area contributed by atoms with E-state index in [9.17, 15) is 23.7 Å². The first-order valence-corrected chi connectivity index (χ1v) is 10.0. The lowest BCUT2D eigenvalue weighted by Gasteiger charge is -2.25. The van der Waals surface area contributed by atoms with Gasteiger partial charge in [0.2, 0.25) is 5.91 Å². The number of H-pyrrole nitrogens is 1. The van der Waals surface area contributed by atoms with Gasteiger partial charge in [0.1, 0.15) is 6.10 Å². The maximum absolute atomic E-state index is 15.1. The number of hydrogen-bond donors (Lipinski definition) is 2. The van der Waals surface area contributed by atoms with E-state index in [0.29, 0.717) is 4.57 Å². The molecule has 0 aliphatic carbocycles. The summed E-state index contributed by atoms with van der Waals surface area (Å²) in [6, 6.07) is 0.983. The molecule has 1 aliphatic heterocycles. The third-order valence-electron chi connectivity index (χ3n) is 4.23. The van der Waals surface area contributed by atoms with Gasteiger partial charge in [-0.2, -0.15) is 0 Å². The van der Waals surface area contributed by atoms with Crippen LogP contribution in [0.4, 0.5) is 8.78 Å². The predicted octanol–water partition coefficient (Wildman–Crippen LogP) is 1.47. The molecule has 1 aromatic rings. The van der Waals surface area contributed by atoms with Gasteiger partial charge in [-0.05, 0) is 20.8 Å². The highest BCUT2D eigenvalue weighted by atomic mass is 31.2. The van der Waals surface area contributed by atoms with Crippen molar-refractivity contribution in [2.24, 2.45) is 0 Å². The van der Waals surface area contributed by atoms with Crippen LogP contribution < -0.4 is 11.2 Å². The number of alkyl halides is 2. The fraction of sp³-hybridized carbons (Fsp3) is 0.733. The van der Waals surface area contributed by atoms with Crippen LogP contribution in [-0.2, 0) is 18.3 Å². The van der Waals surface area contributed by atoms with Crippen molar-refractivity contribution >= 4 is 7.60 Å². The van der Waals surface area contributed by atoms with Gasteiger partial charge in [-0.25, -0.2) is 18.1 Å². The van der Waals surface area contributed by atoms with E-state index in [1.165, 1.54) is 13.8 Å². The zero-order valence-corrected chi connectivity index (χ0v) is 16.0. The Balaban J connectivity index is 2.29. The molecule has 2 rings (SSSR count). The minimum atomic E-state index is -4.16. The zero-order valence-electron chi connectivity index (χ0n) is 15.1. The standard InChI is InChI=1S/C15H23F2N2O7P/c1-4-24-27(23,25-5-2)10(16)8-9-12(21)15(3,17)13(26-9)19-11(20)6-7-18-14(19)22/h6-7,9-10,12-13,21H,4-5,8H2,1-3H3,(H,18,22)/t9-,10?,12-,13-,15-/m1/s1. The number of aliphatic hydroxyl groups excluding tert-OH is 1. The molecule has 154 valence electrons. The Morgan fingerprint density at radius 3 is 2.52 bits per heavy atom. The number of rotatable bonds is 8. The van der Waals surface area contributed by atoms with E-state index >= 15 is 4.39 Å². The first-order chi connectivity index (χ1) is 12.6.